The first-order chi connectivity index (χ1) is 10.1. The normalized spacial score (nSPS) is 21.6. The van der Waals surface area contributed by atoms with Gasteiger partial charge in [-0.15, -0.1) is 0 Å². The molecule has 0 saturated heterocycles. The lowest BCUT2D eigenvalue weighted by molar-refractivity contribution is 0.350. The minimum absolute atomic E-state index is 0.862. The molecular formula is C19H44Si4. The van der Waals surface area contributed by atoms with Crippen molar-refractivity contribution in [3.63, 3.8) is 0 Å². The molecule has 0 fully saturated rings. The third kappa shape index (κ3) is 4.42. The van der Waals surface area contributed by atoms with E-state index >= 15 is 0 Å². The predicted octanol–water partition coefficient (Wildman–Crippen LogP) is 7.07. The molecule has 136 valence electrons. The van der Waals surface area contributed by atoms with Crippen LogP contribution in [-0.4, -0.2) is 29.4 Å². The highest BCUT2D eigenvalue weighted by Gasteiger charge is 2.61. The molecule has 0 aromatic carbocycles. The highest BCUT2D eigenvalue weighted by molar-refractivity contribution is 7.89. The van der Waals surface area contributed by atoms with E-state index in [1.807, 2.05) is 5.57 Å². The van der Waals surface area contributed by atoms with Crippen LogP contribution in [0.4, 0.5) is 0 Å². The maximum Gasteiger partial charge on any atom is 0.0416 e. The summed E-state index contributed by atoms with van der Waals surface area (Å²) in [6.45, 7) is 28.2. The van der Waals surface area contributed by atoms with E-state index in [1.165, 1.54) is 19.3 Å². The van der Waals surface area contributed by atoms with E-state index in [0.717, 1.165) is 11.8 Å². The molecule has 0 nitrogen and oxygen atoms in total. The van der Waals surface area contributed by atoms with Crippen LogP contribution in [0, 0.1) is 11.8 Å². The van der Waals surface area contributed by atoms with Gasteiger partial charge in [0, 0.05) is 29.4 Å². The quantitative estimate of drug-likeness (QED) is 0.339. The predicted molar refractivity (Wildman–Crippen MR) is 121 cm³/mol. The third-order valence-corrected chi connectivity index (χ3v) is 80.6. The van der Waals surface area contributed by atoms with Crippen LogP contribution >= 0.6 is 0 Å². The summed E-state index contributed by atoms with van der Waals surface area (Å²) in [4.78, 5) is 0. The van der Waals surface area contributed by atoms with Crippen molar-refractivity contribution in [2.75, 3.05) is 0 Å². The molecule has 23 heavy (non-hydrogen) atoms. The maximum absolute atomic E-state index is 2.73. The Kier molecular flexibility index (Phi) is 6.67. The third-order valence-electron chi connectivity index (χ3n) is 6.82. The molecule has 1 aliphatic rings. The second-order valence-corrected chi connectivity index (χ2v) is 52.8. The van der Waals surface area contributed by atoms with Crippen LogP contribution < -0.4 is 0 Å². The summed E-state index contributed by atoms with van der Waals surface area (Å²) in [5.41, 5.74) is 1.89. The van der Waals surface area contributed by atoms with E-state index in [9.17, 15) is 0 Å². The van der Waals surface area contributed by atoms with Crippen LogP contribution in [-0.2, 0) is 0 Å². The SMILES string of the molecule is CC(C)[C@H]1CC=C(C[Si]([Si](C)(C)C)([Si](C)(C)C)[Si](C)(C)C)CC1. The van der Waals surface area contributed by atoms with Gasteiger partial charge in [0.05, 0.1) is 0 Å². The van der Waals surface area contributed by atoms with Crippen LogP contribution in [0.25, 0.3) is 0 Å². The topological polar surface area (TPSA) is 0 Å². The molecular weight excluding hydrogens is 341 g/mol. The average Bonchev–Trinajstić information content (AvgIpc) is 2.31. The monoisotopic (exact) mass is 384 g/mol. The van der Waals surface area contributed by atoms with Crippen LogP contribution in [0.15, 0.2) is 11.6 Å². The fourth-order valence-corrected chi connectivity index (χ4v) is 103. The Morgan fingerprint density at radius 2 is 1.30 bits per heavy atom. The van der Waals surface area contributed by atoms with E-state index in [-0.39, 0.29) is 0 Å². The molecule has 0 aromatic rings. The summed E-state index contributed by atoms with van der Waals surface area (Å²) < 4.78 is 0. The Hall–Kier alpha value is 0.608. The van der Waals surface area contributed by atoms with E-state index < -0.39 is 29.4 Å². The van der Waals surface area contributed by atoms with Crippen molar-refractivity contribution in [1.82, 2.24) is 0 Å². The van der Waals surface area contributed by atoms with Crippen LogP contribution in [0.3, 0.4) is 0 Å². The first-order valence-electron chi connectivity index (χ1n) is 9.81. The minimum atomic E-state index is -1.19. The number of hydrogen-bond acceptors (Lipinski definition) is 0. The first kappa shape index (κ1) is 21.6. The molecule has 0 saturated carbocycles. The van der Waals surface area contributed by atoms with E-state index in [0.29, 0.717) is 0 Å². The number of hydrogen-bond donors (Lipinski definition) is 0. The first-order valence-corrected chi connectivity index (χ1v) is 25.5. The molecule has 0 radical (unpaired) electrons. The van der Waals surface area contributed by atoms with Gasteiger partial charge in [0.15, 0.2) is 0 Å². The van der Waals surface area contributed by atoms with Gasteiger partial charge in [0.2, 0.25) is 0 Å². The van der Waals surface area contributed by atoms with E-state index in [4.69, 9.17) is 0 Å². The fraction of sp³-hybridized carbons (Fsp3) is 0.895. The molecule has 0 N–H and O–H groups in total. The van der Waals surface area contributed by atoms with Crippen molar-refractivity contribution in [2.45, 2.75) is 98.1 Å². The van der Waals surface area contributed by atoms with E-state index in [2.05, 4.69) is 78.8 Å². The van der Waals surface area contributed by atoms with Gasteiger partial charge in [-0.1, -0.05) is 84.4 Å². The largest absolute Gasteiger partial charge is 0.0854 e. The highest BCUT2D eigenvalue weighted by Crippen LogP contribution is 2.44. The van der Waals surface area contributed by atoms with Crippen molar-refractivity contribution in [3.05, 3.63) is 11.6 Å². The molecule has 1 aliphatic carbocycles. The smallest absolute Gasteiger partial charge is 0.0416 e. The molecule has 1 atom stereocenters. The summed E-state index contributed by atoms with van der Waals surface area (Å²) in [7, 11) is -3.33. The summed E-state index contributed by atoms with van der Waals surface area (Å²) in [6.07, 6.45) is 6.94. The van der Waals surface area contributed by atoms with Crippen molar-refractivity contribution in [3.8, 4) is 0 Å². The molecule has 0 aliphatic heterocycles. The van der Waals surface area contributed by atoms with Crippen LogP contribution in [0.2, 0.25) is 65.0 Å². The Balaban J connectivity index is 3.24. The van der Waals surface area contributed by atoms with Crippen molar-refractivity contribution in [2.24, 2.45) is 11.8 Å². The van der Waals surface area contributed by atoms with Crippen molar-refractivity contribution < 1.29 is 0 Å². The van der Waals surface area contributed by atoms with Gasteiger partial charge < -0.3 is 0 Å². The van der Waals surface area contributed by atoms with Gasteiger partial charge in [-0.25, -0.2) is 0 Å². The van der Waals surface area contributed by atoms with Gasteiger partial charge >= 0.3 is 0 Å². The standard InChI is InChI=1S/C19H44Si4/c1-17(2)19-14-12-18(13-15-19)16-23(20(3,4)5,21(6,7)8)22(9,10)11/h12,17,19H,13-16H2,1-11H3/t19-/m0/s1. The van der Waals surface area contributed by atoms with Gasteiger partial charge in [0.25, 0.3) is 0 Å². The summed E-state index contributed by atoms with van der Waals surface area (Å²) in [6, 6.07) is 1.58. The summed E-state index contributed by atoms with van der Waals surface area (Å²) in [5, 5.41) is 0. The Bertz CT molecular complexity index is 394. The van der Waals surface area contributed by atoms with Gasteiger partial charge in [0.1, 0.15) is 0 Å². The molecule has 0 bridgehead atoms. The Morgan fingerprint density at radius 1 is 0.870 bits per heavy atom. The minimum Gasteiger partial charge on any atom is -0.0854 e. The zero-order chi connectivity index (χ0) is 18.3. The molecule has 1 rings (SSSR count). The van der Waals surface area contributed by atoms with Crippen LogP contribution in [0.1, 0.15) is 33.1 Å². The Labute approximate surface area is 151 Å². The molecule has 4 heteroatoms. The van der Waals surface area contributed by atoms with Gasteiger partial charge in [-0.05, 0) is 37.1 Å². The zero-order valence-corrected chi connectivity index (χ0v) is 22.1. The van der Waals surface area contributed by atoms with Gasteiger partial charge in [-0.2, -0.15) is 0 Å². The van der Waals surface area contributed by atoms with Gasteiger partial charge in [-0.3, -0.25) is 0 Å². The molecule has 0 aromatic heterocycles. The van der Waals surface area contributed by atoms with Crippen molar-refractivity contribution >= 4 is 29.4 Å². The fourth-order valence-electron chi connectivity index (χ4n) is 6.19. The molecule has 0 spiro atoms. The lowest BCUT2D eigenvalue weighted by atomic mass is 9.83. The van der Waals surface area contributed by atoms with E-state index in [1.54, 1.807) is 6.04 Å². The number of rotatable bonds is 6. The Morgan fingerprint density at radius 3 is 1.57 bits per heavy atom. The summed E-state index contributed by atoms with van der Waals surface area (Å²) in [5.74, 6) is 1.81. The lowest BCUT2D eigenvalue weighted by Crippen LogP contribution is -2.82. The highest BCUT2D eigenvalue weighted by atomic mass is 29.9. The molecule has 0 heterocycles. The molecule has 0 amide bonds. The van der Waals surface area contributed by atoms with Crippen molar-refractivity contribution in [1.29, 1.82) is 0 Å². The second kappa shape index (κ2) is 7.08. The zero-order valence-electron chi connectivity index (χ0n) is 18.1. The molecule has 0 unspecified atom stereocenters. The number of allylic oxidation sites excluding steroid dienone is 2. The summed E-state index contributed by atoms with van der Waals surface area (Å²) >= 11 is 0. The lowest BCUT2D eigenvalue weighted by Gasteiger charge is -2.58. The maximum atomic E-state index is 2.73. The second-order valence-electron chi connectivity index (χ2n) is 11.5. The van der Waals surface area contributed by atoms with Crippen LogP contribution in [0.5, 0.6) is 0 Å². The average molecular weight is 385 g/mol.